The van der Waals surface area contributed by atoms with Crippen LogP contribution < -0.4 is 0 Å². The van der Waals surface area contributed by atoms with Crippen molar-refractivity contribution in [3.05, 3.63) is 30.3 Å². The molecule has 0 heterocycles. The van der Waals surface area contributed by atoms with Crippen molar-refractivity contribution in [1.29, 1.82) is 0 Å². The summed E-state index contributed by atoms with van der Waals surface area (Å²) in [6.07, 6.45) is 0. The van der Waals surface area contributed by atoms with Gasteiger partial charge in [-0.25, -0.2) is 0 Å². The maximum atomic E-state index is 8.63. The van der Waals surface area contributed by atoms with Gasteiger partial charge >= 0.3 is 51.4 Å². The minimum atomic E-state index is -0.500. The van der Waals surface area contributed by atoms with E-state index in [4.69, 9.17) is 10.2 Å². The van der Waals surface area contributed by atoms with Crippen LogP contribution in [0.2, 0.25) is 0 Å². The van der Waals surface area contributed by atoms with E-state index in [1.54, 1.807) is 45.0 Å². The molecular formula is C10H17KO2. The Kier molecular flexibility index (Phi) is 9.85. The standard InChI is InChI=1S/C6H6O.C4H10O.K.H/c7-6-4-2-1-3-5-6;1-4(2,3)5;;/h1-5,7H;5H,1-3H3;;. The molecule has 0 saturated heterocycles. The molecule has 0 unspecified atom stereocenters. The van der Waals surface area contributed by atoms with Gasteiger partial charge in [0.15, 0.2) is 0 Å². The van der Waals surface area contributed by atoms with Gasteiger partial charge in [0.05, 0.1) is 5.60 Å². The molecule has 2 N–H and O–H groups in total. The summed E-state index contributed by atoms with van der Waals surface area (Å²) in [5.74, 6) is 0.322. The van der Waals surface area contributed by atoms with E-state index >= 15 is 0 Å². The number of aliphatic hydroxyl groups is 1. The van der Waals surface area contributed by atoms with Crippen LogP contribution in [0.1, 0.15) is 20.8 Å². The molecule has 0 aliphatic heterocycles. The van der Waals surface area contributed by atoms with Crippen molar-refractivity contribution in [2.75, 3.05) is 0 Å². The summed E-state index contributed by atoms with van der Waals surface area (Å²) in [5.41, 5.74) is -0.500. The van der Waals surface area contributed by atoms with Crippen molar-refractivity contribution in [3.8, 4) is 5.75 Å². The number of benzene rings is 1. The number of phenols is 1. The van der Waals surface area contributed by atoms with Gasteiger partial charge in [-0.05, 0) is 32.9 Å². The van der Waals surface area contributed by atoms with Gasteiger partial charge in [-0.2, -0.15) is 0 Å². The third-order valence-electron chi connectivity index (χ3n) is 0.756. The molecule has 0 amide bonds. The van der Waals surface area contributed by atoms with Gasteiger partial charge in [0, 0.05) is 0 Å². The van der Waals surface area contributed by atoms with Gasteiger partial charge in [0.25, 0.3) is 0 Å². The fourth-order valence-electron chi connectivity index (χ4n) is 0.428. The molecule has 0 fully saturated rings. The Labute approximate surface area is 122 Å². The van der Waals surface area contributed by atoms with Gasteiger partial charge in [-0.15, -0.1) is 0 Å². The van der Waals surface area contributed by atoms with Crippen LogP contribution in [0.5, 0.6) is 5.75 Å². The van der Waals surface area contributed by atoms with Gasteiger partial charge in [0.1, 0.15) is 5.75 Å². The van der Waals surface area contributed by atoms with Crippen LogP contribution in [0.25, 0.3) is 0 Å². The van der Waals surface area contributed by atoms with E-state index in [2.05, 4.69) is 0 Å². The molecule has 0 atom stereocenters. The van der Waals surface area contributed by atoms with Crippen LogP contribution in [0.4, 0.5) is 0 Å². The summed E-state index contributed by atoms with van der Waals surface area (Å²) in [7, 11) is 0. The predicted molar refractivity (Wildman–Crippen MR) is 57.2 cm³/mol. The number of aromatic hydroxyl groups is 1. The normalized spacial score (nSPS) is 9.23. The fourth-order valence-corrected chi connectivity index (χ4v) is 0.428. The molecule has 0 aromatic heterocycles. The van der Waals surface area contributed by atoms with Crippen LogP contribution in [0, 0.1) is 0 Å². The third kappa shape index (κ3) is 19.2. The number of rotatable bonds is 0. The fraction of sp³-hybridized carbons (Fsp3) is 0.400. The van der Waals surface area contributed by atoms with Crippen LogP contribution in [-0.2, 0) is 0 Å². The van der Waals surface area contributed by atoms with Crippen molar-refractivity contribution in [2.45, 2.75) is 26.4 Å². The van der Waals surface area contributed by atoms with E-state index in [1.165, 1.54) is 0 Å². The first-order valence-corrected chi connectivity index (χ1v) is 3.86. The van der Waals surface area contributed by atoms with Crippen LogP contribution in [0.3, 0.4) is 0 Å². The van der Waals surface area contributed by atoms with Gasteiger partial charge in [-0.3, -0.25) is 0 Å². The number of para-hydroxylation sites is 1. The van der Waals surface area contributed by atoms with Gasteiger partial charge < -0.3 is 10.2 Å². The van der Waals surface area contributed by atoms with E-state index in [0.717, 1.165) is 0 Å². The summed E-state index contributed by atoms with van der Waals surface area (Å²) >= 11 is 0. The molecule has 1 aromatic rings. The molecule has 1 rings (SSSR count). The molecule has 70 valence electrons. The van der Waals surface area contributed by atoms with E-state index in [1.807, 2.05) is 6.07 Å². The first kappa shape index (κ1) is 16.1. The Hall–Kier alpha value is 0.616. The van der Waals surface area contributed by atoms with Crippen LogP contribution in [-0.4, -0.2) is 67.2 Å². The first-order chi connectivity index (χ1) is 5.39. The summed E-state index contributed by atoms with van der Waals surface area (Å²) < 4.78 is 0. The molecule has 13 heavy (non-hydrogen) atoms. The van der Waals surface area contributed by atoms with Gasteiger partial charge in [-0.1, -0.05) is 18.2 Å². The Morgan fingerprint density at radius 1 is 1.00 bits per heavy atom. The number of phenolic OH excluding ortho intramolecular Hbond substituents is 1. The van der Waals surface area contributed by atoms with Crippen molar-refractivity contribution in [1.82, 2.24) is 0 Å². The molecule has 1 aromatic carbocycles. The molecular weight excluding hydrogens is 191 g/mol. The summed E-state index contributed by atoms with van der Waals surface area (Å²) in [6, 6.07) is 8.71. The van der Waals surface area contributed by atoms with E-state index in [0.29, 0.717) is 5.75 Å². The van der Waals surface area contributed by atoms with E-state index < -0.39 is 5.60 Å². The SMILES string of the molecule is CC(C)(C)O.Oc1ccccc1.[KH]. The molecule has 2 nitrogen and oxygen atoms in total. The summed E-state index contributed by atoms with van der Waals surface area (Å²) in [5, 5.41) is 17.2. The Morgan fingerprint density at radius 2 is 1.31 bits per heavy atom. The zero-order chi connectivity index (χ0) is 9.61. The second-order valence-electron chi connectivity index (χ2n) is 3.51. The van der Waals surface area contributed by atoms with E-state index in [-0.39, 0.29) is 51.4 Å². The average molecular weight is 208 g/mol. The molecule has 0 aliphatic rings. The molecule has 0 aliphatic carbocycles. The Morgan fingerprint density at radius 3 is 1.46 bits per heavy atom. The topological polar surface area (TPSA) is 40.5 Å². The maximum absolute atomic E-state index is 8.63. The van der Waals surface area contributed by atoms with Crippen molar-refractivity contribution >= 4 is 51.4 Å². The molecule has 0 bridgehead atoms. The van der Waals surface area contributed by atoms with E-state index in [9.17, 15) is 0 Å². The van der Waals surface area contributed by atoms with Crippen LogP contribution in [0.15, 0.2) is 30.3 Å². The number of hydrogen-bond acceptors (Lipinski definition) is 2. The Balaban J connectivity index is 0. The zero-order valence-corrected chi connectivity index (χ0v) is 7.78. The van der Waals surface area contributed by atoms with Crippen molar-refractivity contribution in [2.24, 2.45) is 0 Å². The number of hydrogen-bond donors (Lipinski definition) is 2. The van der Waals surface area contributed by atoms with Gasteiger partial charge in [0.2, 0.25) is 0 Å². The molecule has 0 radical (unpaired) electrons. The Bertz CT molecular complexity index is 198. The van der Waals surface area contributed by atoms with Crippen LogP contribution >= 0.6 is 0 Å². The molecule has 0 saturated carbocycles. The first-order valence-electron chi connectivity index (χ1n) is 3.86. The average Bonchev–Trinajstić information content (AvgIpc) is 1.85. The minimum absolute atomic E-state index is 0. The quantitative estimate of drug-likeness (QED) is 0.635. The summed E-state index contributed by atoms with van der Waals surface area (Å²) in [6.45, 7) is 5.23. The predicted octanol–water partition coefficient (Wildman–Crippen LogP) is 1.52. The summed E-state index contributed by atoms with van der Waals surface area (Å²) in [4.78, 5) is 0. The van der Waals surface area contributed by atoms with Crippen molar-refractivity contribution in [3.63, 3.8) is 0 Å². The molecule has 0 spiro atoms. The van der Waals surface area contributed by atoms with Crippen molar-refractivity contribution < 1.29 is 10.2 Å². The second-order valence-corrected chi connectivity index (χ2v) is 3.51. The third-order valence-corrected chi connectivity index (χ3v) is 0.756. The second kappa shape index (κ2) is 7.97. The monoisotopic (exact) mass is 208 g/mol. The molecule has 3 heteroatoms. The zero-order valence-electron chi connectivity index (χ0n) is 7.78.